The number of nitrogens with two attached hydrogens (primary N) is 1. The molecule has 0 aliphatic carbocycles. The number of nitrogen functional groups attached to an aromatic ring is 1. The molecule has 0 bridgehead atoms. The molecule has 0 amide bonds. The summed E-state index contributed by atoms with van der Waals surface area (Å²) in [7, 11) is 0. The lowest BCUT2D eigenvalue weighted by Crippen LogP contribution is -1.98. The number of halogens is 1. The zero-order valence-corrected chi connectivity index (χ0v) is 10.5. The Morgan fingerprint density at radius 2 is 1.89 bits per heavy atom. The van der Waals surface area contributed by atoms with Gasteiger partial charge in [0, 0.05) is 10.7 Å². The monoisotopic (exact) mass is 261 g/mol. The van der Waals surface area contributed by atoms with Gasteiger partial charge in [-0.25, -0.2) is 4.79 Å². The molecule has 2 rings (SSSR count). The zero-order valence-electron chi connectivity index (χ0n) is 9.77. The molecule has 2 aromatic rings. The van der Waals surface area contributed by atoms with Crippen LogP contribution < -0.4 is 5.73 Å². The molecule has 0 aliphatic heterocycles. The van der Waals surface area contributed by atoms with Crippen molar-refractivity contribution in [1.82, 2.24) is 0 Å². The SMILES string of the molecule is Cc1cc(-c2cc(N)cc(C(=O)O)c2)ccc1Cl. The molecular weight excluding hydrogens is 250 g/mol. The standard InChI is InChI=1S/C14H12ClNO2/c1-8-4-9(2-3-13(8)15)10-5-11(14(17)18)7-12(16)6-10/h2-7H,16H2,1H3,(H,17,18). The fraction of sp³-hybridized carbons (Fsp3) is 0.0714. The van der Waals surface area contributed by atoms with Crippen LogP contribution in [0.3, 0.4) is 0 Å². The summed E-state index contributed by atoms with van der Waals surface area (Å²) in [4.78, 5) is 11.0. The number of carboxylic acids is 1. The molecule has 0 aromatic heterocycles. The van der Waals surface area contributed by atoms with Crippen molar-refractivity contribution in [3.8, 4) is 11.1 Å². The van der Waals surface area contributed by atoms with Crippen molar-refractivity contribution in [2.24, 2.45) is 0 Å². The summed E-state index contributed by atoms with van der Waals surface area (Å²) in [6, 6.07) is 10.3. The van der Waals surface area contributed by atoms with Crippen molar-refractivity contribution in [2.75, 3.05) is 5.73 Å². The molecule has 0 heterocycles. The van der Waals surface area contributed by atoms with Crippen LogP contribution in [0.2, 0.25) is 5.02 Å². The summed E-state index contributed by atoms with van der Waals surface area (Å²) in [5.74, 6) is -0.991. The third-order valence-electron chi connectivity index (χ3n) is 2.69. The Morgan fingerprint density at radius 3 is 2.50 bits per heavy atom. The molecule has 18 heavy (non-hydrogen) atoms. The Labute approximate surface area is 110 Å². The summed E-state index contributed by atoms with van der Waals surface area (Å²) in [5.41, 5.74) is 8.92. The van der Waals surface area contributed by atoms with E-state index >= 15 is 0 Å². The zero-order chi connectivity index (χ0) is 13.3. The molecule has 0 radical (unpaired) electrons. The van der Waals surface area contributed by atoms with Gasteiger partial charge in [0.2, 0.25) is 0 Å². The van der Waals surface area contributed by atoms with Crippen LogP contribution in [0.15, 0.2) is 36.4 Å². The van der Waals surface area contributed by atoms with Crippen LogP contribution in [0.1, 0.15) is 15.9 Å². The van der Waals surface area contributed by atoms with Crippen LogP contribution in [0.25, 0.3) is 11.1 Å². The van der Waals surface area contributed by atoms with E-state index in [0.29, 0.717) is 10.7 Å². The molecule has 0 atom stereocenters. The molecule has 3 N–H and O–H groups in total. The van der Waals surface area contributed by atoms with Crippen molar-refractivity contribution in [3.05, 3.63) is 52.5 Å². The third-order valence-corrected chi connectivity index (χ3v) is 3.12. The maximum Gasteiger partial charge on any atom is 0.335 e. The van der Waals surface area contributed by atoms with Gasteiger partial charge in [-0.2, -0.15) is 0 Å². The number of aryl methyl sites for hydroxylation is 1. The highest BCUT2D eigenvalue weighted by Crippen LogP contribution is 2.27. The van der Waals surface area contributed by atoms with Gasteiger partial charge in [0.05, 0.1) is 5.56 Å². The summed E-state index contributed by atoms with van der Waals surface area (Å²) >= 11 is 5.96. The van der Waals surface area contributed by atoms with Crippen molar-refractivity contribution < 1.29 is 9.90 Å². The van der Waals surface area contributed by atoms with Crippen molar-refractivity contribution in [1.29, 1.82) is 0 Å². The molecule has 4 heteroatoms. The van der Waals surface area contributed by atoms with E-state index in [-0.39, 0.29) is 5.56 Å². The molecule has 2 aromatic carbocycles. The first-order valence-electron chi connectivity index (χ1n) is 5.38. The predicted octanol–water partition coefficient (Wildman–Crippen LogP) is 3.60. The van der Waals surface area contributed by atoms with E-state index < -0.39 is 5.97 Å². The first kappa shape index (κ1) is 12.5. The van der Waals surface area contributed by atoms with Crippen LogP contribution in [-0.2, 0) is 0 Å². The van der Waals surface area contributed by atoms with E-state index in [9.17, 15) is 4.79 Å². The molecule has 0 unspecified atom stereocenters. The van der Waals surface area contributed by atoms with Gasteiger partial charge in [-0.05, 0) is 53.9 Å². The second-order valence-corrected chi connectivity index (χ2v) is 4.52. The minimum absolute atomic E-state index is 0.178. The van der Waals surface area contributed by atoms with E-state index in [1.165, 1.54) is 6.07 Å². The predicted molar refractivity (Wildman–Crippen MR) is 73.0 cm³/mol. The number of hydrogen-bond acceptors (Lipinski definition) is 2. The Kier molecular flexibility index (Phi) is 3.26. The molecule has 3 nitrogen and oxygen atoms in total. The molecule has 0 fully saturated rings. The van der Waals surface area contributed by atoms with Crippen molar-refractivity contribution in [2.45, 2.75) is 6.92 Å². The number of hydrogen-bond donors (Lipinski definition) is 2. The normalized spacial score (nSPS) is 10.3. The van der Waals surface area contributed by atoms with E-state index in [1.807, 2.05) is 19.1 Å². The summed E-state index contributed by atoms with van der Waals surface area (Å²) in [6.45, 7) is 1.90. The number of rotatable bonds is 2. The lowest BCUT2D eigenvalue weighted by atomic mass is 10.0. The van der Waals surface area contributed by atoms with Gasteiger partial charge in [0.1, 0.15) is 0 Å². The first-order chi connectivity index (χ1) is 8.47. The topological polar surface area (TPSA) is 63.3 Å². The molecule has 0 saturated heterocycles. The van der Waals surface area contributed by atoms with E-state index in [4.69, 9.17) is 22.4 Å². The number of benzene rings is 2. The van der Waals surface area contributed by atoms with E-state index in [0.717, 1.165) is 16.7 Å². The van der Waals surface area contributed by atoms with Crippen LogP contribution in [0.5, 0.6) is 0 Å². The van der Waals surface area contributed by atoms with Gasteiger partial charge in [-0.1, -0.05) is 17.7 Å². The molecule has 0 saturated carbocycles. The summed E-state index contributed by atoms with van der Waals surface area (Å²) in [5, 5.41) is 9.68. The lowest BCUT2D eigenvalue weighted by Gasteiger charge is -2.07. The largest absolute Gasteiger partial charge is 0.478 e. The van der Waals surface area contributed by atoms with Gasteiger partial charge in [-0.3, -0.25) is 0 Å². The molecule has 92 valence electrons. The molecule has 0 spiro atoms. The van der Waals surface area contributed by atoms with Gasteiger partial charge >= 0.3 is 5.97 Å². The lowest BCUT2D eigenvalue weighted by molar-refractivity contribution is 0.0697. The van der Waals surface area contributed by atoms with E-state index in [2.05, 4.69) is 0 Å². The van der Waals surface area contributed by atoms with Crippen LogP contribution in [0.4, 0.5) is 5.69 Å². The Hall–Kier alpha value is -2.00. The smallest absolute Gasteiger partial charge is 0.335 e. The van der Waals surface area contributed by atoms with Gasteiger partial charge in [-0.15, -0.1) is 0 Å². The highest BCUT2D eigenvalue weighted by Gasteiger charge is 2.08. The quantitative estimate of drug-likeness (QED) is 0.812. The molecule has 0 aliphatic rings. The second kappa shape index (κ2) is 4.70. The fourth-order valence-electron chi connectivity index (χ4n) is 1.77. The molecular formula is C14H12ClNO2. The third kappa shape index (κ3) is 2.46. The van der Waals surface area contributed by atoms with Gasteiger partial charge in [0.25, 0.3) is 0 Å². The number of carbonyl (C=O) groups is 1. The van der Waals surface area contributed by atoms with Gasteiger partial charge in [0.15, 0.2) is 0 Å². The number of anilines is 1. The average molecular weight is 262 g/mol. The summed E-state index contributed by atoms with van der Waals surface area (Å²) in [6.07, 6.45) is 0. The number of aromatic carboxylic acids is 1. The summed E-state index contributed by atoms with van der Waals surface area (Å²) < 4.78 is 0. The average Bonchev–Trinajstić information content (AvgIpc) is 2.31. The Morgan fingerprint density at radius 1 is 1.17 bits per heavy atom. The van der Waals surface area contributed by atoms with Crippen molar-refractivity contribution in [3.63, 3.8) is 0 Å². The highest BCUT2D eigenvalue weighted by atomic mass is 35.5. The minimum atomic E-state index is -0.991. The van der Waals surface area contributed by atoms with Crippen LogP contribution in [-0.4, -0.2) is 11.1 Å². The first-order valence-corrected chi connectivity index (χ1v) is 5.75. The van der Waals surface area contributed by atoms with Crippen molar-refractivity contribution >= 4 is 23.3 Å². The van der Waals surface area contributed by atoms with E-state index in [1.54, 1.807) is 18.2 Å². The van der Waals surface area contributed by atoms with Crippen LogP contribution in [0, 0.1) is 6.92 Å². The Balaban J connectivity index is 2.56. The van der Waals surface area contributed by atoms with Gasteiger partial charge < -0.3 is 10.8 Å². The number of carboxylic acid groups (broad SMARTS) is 1. The Bertz CT molecular complexity index is 623. The maximum atomic E-state index is 11.0. The second-order valence-electron chi connectivity index (χ2n) is 4.11. The highest BCUT2D eigenvalue weighted by molar-refractivity contribution is 6.31. The fourth-order valence-corrected chi connectivity index (χ4v) is 1.88. The van der Waals surface area contributed by atoms with Crippen LogP contribution >= 0.6 is 11.6 Å². The minimum Gasteiger partial charge on any atom is -0.478 e. The maximum absolute atomic E-state index is 11.0.